The molecule has 0 radical (unpaired) electrons. The maximum absolute atomic E-state index is 13.0. The van der Waals surface area contributed by atoms with E-state index in [4.69, 9.17) is 9.94 Å². The van der Waals surface area contributed by atoms with Crippen molar-refractivity contribution < 1.29 is 18.7 Å². The number of hydrogen-bond donors (Lipinski definition) is 1. The van der Waals surface area contributed by atoms with E-state index in [1.165, 1.54) is 12.3 Å². The Balaban J connectivity index is 2.54. The van der Waals surface area contributed by atoms with Crippen molar-refractivity contribution in [2.75, 3.05) is 0 Å². The van der Waals surface area contributed by atoms with Gasteiger partial charge in [0.05, 0.1) is 12.7 Å². The van der Waals surface area contributed by atoms with Crippen molar-refractivity contribution in [1.82, 2.24) is 0 Å². The first-order valence-corrected chi connectivity index (χ1v) is 5.49. The lowest BCUT2D eigenvalue weighted by Gasteiger charge is -2.14. The van der Waals surface area contributed by atoms with Crippen LogP contribution in [-0.2, 0) is 11.3 Å². The lowest BCUT2D eigenvalue weighted by molar-refractivity contribution is 0.0476. The van der Waals surface area contributed by atoms with E-state index in [1.54, 1.807) is 6.08 Å². The number of halogens is 2. The Morgan fingerprint density at radius 1 is 1.33 bits per heavy atom. The molecule has 1 aromatic rings. The van der Waals surface area contributed by atoms with Crippen LogP contribution >= 0.6 is 0 Å². The monoisotopic (exact) mass is 255 g/mol. The van der Waals surface area contributed by atoms with Gasteiger partial charge in [-0.2, -0.15) is 0 Å². The van der Waals surface area contributed by atoms with E-state index in [1.807, 2.05) is 0 Å². The molecule has 0 heterocycles. The minimum Gasteiger partial charge on any atom is -0.411 e. The van der Waals surface area contributed by atoms with Crippen LogP contribution in [-0.4, -0.2) is 17.5 Å². The summed E-state index contributed by atoms with van der Waals surface area (Å²) in [5, 5.41) is 11.2. The van der Waals surface area contributed by atoms with E-state index in [9.17, 15) is 8.78 Å². The van der Waals surface area contributed by atoms with Crippen LogP contribution in [0.25, 0.3) is 0 Å². The Morgan fingerprint density at radius 3 is 2.72 bits per heavy atom. The van der Waals surface area contributed by atoms with E-state index in [-0.39, 0.29) is 12.7 Å². The molecule has 0 aliphatic rings. The second-order valence-corrected chi connectivity index (χ2v) is 3.74. The minimum atomic E-state index is -0.895. The standard InChI is InChI=1S/C13H15F2NO2/c1-2-3-11(6-7-16-17)18-9-10-4-5-12(14)13(15)8-10/h2,4-5,7-8,11,17H,1,3,6,9H2/b16-7-. The van der Waals surface area contributed by atoms with Gasteiger partial charge in [0.15, 0.2) is 11.6 Å². The SMILES string of the molecule is C=CCC(C/C=N\O)OCc1ccc(F)c(F)c1. The summed E-state index contributed by atoms with van der Waals surface area (Å²) in [6, 6.07) is 3.62. The summed E-state index contributed by atoms with van der Waals surface area (Å²) in [7, 11) is 0. The molecule has 5 heteroatoms. The maximum atomic E-state index is 13.0. The van der Waals surface area contributed by atoms with Crippen LogP contribution < -0.4 is 0 Å². The summed E-state index contributed by atoms with van der Waals surface area (Å²) in [6.07, 6.45) is 3.80. The fourth-order valence-electron chi connectivity index (χ4n) is 1.43. The van der Waals surface area contributed by atoms with Gasteiger partial charge in [0.2, 0.25) is 0 Å². The summed E-state index contributed by atoms with van der Waals surface area (Å²) in [6.45, 7) is 3.75. The molecule has 0 aliphatic carbocycles. The molecule has 0 spiro atoms. The van der Waals surface area contributed by atoms with Crippen LogP contribution in [0, 0.1) is 11.6 Å². The highest BCUT2D eigenvalue weighted by Crippen LogP contribution is 2.12. The van der Waals surface area contributed by atoms with Crippen LogP contribution in [0.15, 0.2) is 36.0 Å². The maximum Gasteiger partial charge on any atom is 0.159 e. The predicted octanol–water partition coefficient (Wildman–Crippen LogP) is 3.28. The van der Waals surface area contributed by atoms with Crippen LogP contribution in [0.2, 0.25) is 0 Å². The lowest BCUT2D eigenvalue weighted by Crippen LogP contribution is -2.12. The van der Waals surface area contributed by atoms with Gasteiger partial charge in [-0.1, -0.05) is 12.1 Å². The third-order valence-corrected chi connectivity index (χ3v) is 2.35. The van der Waals surface area contributed by atoms with Crippen molar-refractivity contribution >= 4 is 6.21 Å². The zero-order chi connectivity index (χ0) is 13.4. The third-order valence-electron chi connectivity index (χ3n) is 2.35. The quantitative estimate of drug-likeness (QED) is 0.351. The number of rotatable bonds is 7. The Morgan fingerprint density at radius 2 is 2.11 bits per heavy atom. The molecule has 1 atom stereocenters. The van der Waals surface area contributed by atoms with E-state index in [0.29, 0.717) is 18.4 Å². The molecule has 0 saturated heterocycles. The second kappa shape index (κ2) is 7.55. The Hall–Kier alpha value is -1.75. The molecule has 0 fully saturated rings. The molecule has 0 amide bonds. The van der Waals surface area contributed by atoms with Gasteiger partial charge < -0.3 is 9.94 Å². The highest BCUT2D eigenvalue weighted by Gasteiger charge is 2.08. The van der Waals surface area contributed by atoms with Crippen molar-refractivity contribution in [2.24, 2.45) is 5.16 Å². The number of oxime groups is 1. The number of hydrogen-bond acceptors (Lipinski definition) is 3. The normalized spacial score (nSPS) is 12.8. The van der Waals surface area contributed by atoms with Gasteiger partial charge in [-0.25, -0.2) is 8.78 Å². The highest BCUT2D eigenvalue weighted by atomic mass is 19.2. The van der Waals surface area contributed by atoms with E-state index in [0.717, 1.165) is 12.1 Å². The van der Waals surface area contributed by atoms with Gasteiger partial charge in [-0.05, 0) is 24.1 Å². The summed E-state index contributed by atoms with van der Waals surface area (Å²) < 4.78 is 31.2. The molecule has 1 rings (SSSR count). The fraction of sp³-hybridized carbons (Fsp3) is 0.308. The molecule has 0 aromatic heterocycles. The Bertz CT molecular complexity index is 421. The van der Waals surface area contributed by atoms with Crippen LogP contribution in [0.5, 0.6) is 0 Å². The minimum absolute atomic E-state index is 0.162. The number of ether oxygens (including phenoxy) is 1. The molecule has 1 aromatic carbocycles. The number of nitrogens with zero attached hydrogens (tertiary/aromatic N) is 1. The topological polar surface area (TPSA) is 41.8 Å². The van der Waals surface area contributed by atoms with E-state index < -0.39 is 11.6 Å². The van der Waals surface area contributed by atoms with E-state index in [2.05, 4.69) is 11.7 Å². The first kappa shape index (κ1) is 14.3. The predicted molar refractivity (Wildman–Crippen MR) is 64.6 cm³/mol. The van der Waals surface area contributed by atoms with Crippen molar-refractivity contribution in [3.05, 3.63) is 48.1 Å². The van der Waals surface area contributed by atoms with Gasteiger partial charge in [0, 0.05) is 12.6 Å². The molecular weight excluding hydrogens is 240 g/mol. The van der Waals surface area contributed by atoms with Gasteiger partial charge in [-0.3, -0.25) is 0 Å². The molecule has 1 unspecified atom stereocenters. The van der Waals surface area contributed by atoms with Crippen LogP contribution in [0.1, 0.15) is 18.4 Å². The van der Waals surface area contributed by atoms with Gasteiger partial charge in [0.25, 0.3) is 0 Å². The molecular formula is C13H15F2NO2. The average Bonchev–Trinajstić information content (AvgIpc) is 2.37. The number of benzene rings is 1. The smallest absolute Gasteiger partial charge is 0.159 e. The summed E-state index contributed by atoms with van der Waals surface area (Å²) in [4.78, 5) is 0. The molecule has 98 valence electrons. The first-order chi connectivity index (χ1) is 8.67. The molecule has 1 N–H and O–H groups in total. The Labute approximate surface area is 104 Å². The Kier molecular flexibility index (Phi) is 6.00. The molecule has 18 heavy (non-hydrogen) atoms. The van der Waals surface area contributed by atoms with Crippen LogP contribution in [0.4, 0.5) is 8.78 Å². The summed E-state index contributed by atoms with van der Waals surface area (Å²) >= 11 is 0. The van der Waals surface area contributed by atoms with Gasteiger partial charge in [0.1, 0.15) is 0 Å². The molecule has 0 bridgehead atoms. The first-order valence-electron chi connectivity index (χ1n) is 5.49. The highest BCUT2D eigenvalue weighted by molar-refractivity contribution is 5.56. The second-order valence-electron chi connectivity index (χ2n) is 3.74. The van der Waals surface area contributed by atoms with Crippen molar-refractivity contribution in [2.45, 2.75) is 25.6 Å². The zero-order valence-corrected chi connectivity index (χ0v) is 9.85. The molecule has 3 nitrogen and oxygen atoms in total. The van der Waals surface area contributed by atoms with Gasteiger partial charge >= 0.3 is 0 Å². The average molecular weight is 255 g/mol. The lowest BCUT2D eigenvalue weighted by atomic mass is 10.2. The van der Waals surface area contributed by atoms with Crippen LogP contribution in [0.3, 0.4) is 0 Å². The van der Waals surface area contributed by atoms with Crippen molar-refractivity contribution in [3.63, 3.8) is 0 Å². The fourth-order valence-corrected chi connectivity index (χ4v) is 1.43. The van der Waals surface area contributed by atoms with E-state index >= 15 is 0 Å². The van der Waals surface area contributed by atoms with Crippen molar-refractivity contribution in [1.29, 1.82) is 0 Å². The third kappa shape index (κ3) is 4.63. The zero-order valence-electron chi connectivity index (χ0n) is 9.85. The summed E-state index contributed by atoms with van der Waals surface area (Å²) in [5.41, 5.74) is 0.545. The largest absolute Gasteiger partial charge is 0.411 e. The molecule has 0 saturated carbocycles. The summed E-state index contributed by atoms with van der Waals surface area (Å²) in [5.74, 6) is -1.78. The van der Waals surface area contributed by atoms with Crippen molar-refractivity contribution in [3.8, 4) is 0 Å². The van der Waals surface area contributed by atoms with Gasteiger partial charge in [-0.15, -0.1) is 11.7 Å². The molecule has 0 aliphatic heterocycles.